The molecule has 1 aromatic heterocycles. The van der Waals surface area contributed by atoms with Gasteiger partial charge in [-0.2, -0.15) is 0 Å². The number of rotatable bonds is 3. The number of carbonyl (C=O) groups is 1. The van der Waals surface area contributed by atoms with Crippen LogP contribution < -0.4 is 5.73 Å². The first-order valence-corrected chi connectivity index (χ1v) is 8.50. The summed E-state index contributed by atoms with van der Waals surface area (Å²) in [5.41, 5.74) is 8.56. The predicted molar refractivity (Wildman–Crippen MR) is 89.9 cm³/mol. The zero-order valence-electron chi connectivity index (χ0n) is 13.0. The van der Waals surface area contributed by atoms with Crippen molar-refractivity contribution in [1.82, 2.24) is 9.88 Å². The average Bonchev–Trinajstić information content (AvgIpc) is 3.14. The van der Waals surface area contributed by atoms with Gasteiger partial charge in [0.2, 0.25) is 0 Å². The third-order valence-electron chi connectivity index (χ3n) is 4.35. The number of likely N-dealkylation sites (tertiary alicyclic amines) is 1. The van der Waals surface area contributed by atoms with Crippen molar-refractivity contribution >= 4 is 17.2 Å². The van der Waals surface area contributed by atoms with E-state index in [9.17, 15) is 4.79 Å². The highest BCUT2D eigenvalue weighted by molar-refractivity contribution is 7.13. The van der Waals surface area contributed by atoms with Gasteiger partial charge in [0.15, 0.2) is 0 Å². The molecule has 1 saturated heterocycles. The van der Waals surface area contributed by atoms with Crippen LogP contribution in [0.15, 0.2) is 29.6 Å². The number of hydrogen-bond donors (Lipinski definition) is 1. The lowest BCUT2D eigenvalue weighted by molar-refractivity contribution is 0.0738. The van der Waals surface area contributed by atoms with Gasteiger partial charge in [-0.1, -0.05) is 24.3 Å². The summed E-state index contributed by atoms with van der Waals surface area (Å²) in [6, 6.07) is 8.36. The quantitative estimate of drug-likeness (QED) is 0.947. The molecule has 0 bridgehead atoms. The molecule has 1 fully saturated rings. The minimum absolute atomic E-state index is 0.0273. The zero-order valence-corrected chi connectivity index (χ0v) is 13.8. The van der Waals surface area contributed by atoms with E-state index in [1.807, 2.05) is 28.5 Å². The van der Waals surface area contributed by atoms with Crippen LogP contribution >= 0.6 is 11.3 Å². The summed E-state index contributed by atoms with van der Waals surface area (Å²) in [6.45, 7) is 5.53. The largest absolute Gasteiger partial charge is 0.334 e. The van der Waals surface area contributed by atoms with Gasteiger partial charge in [0.05, 0.1) is 0 Å². The Morgan fingerprint density at radius 2 is 2.23 bits per heavy atom. The molecule has 1 aromatic carbocycles. The normalized spacial score (nSPS) is 21.3. The third-order valence-corrected chi connectivity index (χ3v) is 5.23. The fourth-order valence-corrected chi connectivity index (χ4v) is 3.94. The molecule has 3 rings (SSSR count). The number of aromatic nitrogens is 1. The lowest BCUT2D eigenvalue weighted by Gasteiger charge is -2.20. The van der Waals surface area contributed by atoms with Gasteiger partial charge in [0.1, 0.15) is 10.7 Å². The van der Waals surface area contributed by atoms with E-state index in [0.29, 0.717) is 18.2 Å². The molecular formula is C17H21N3OS. The Labute approximate surface area is 135 Å². The van der Waals surface area contributed by atoms with E-state index in [1.54, 1.807) is 0 Å². The standard InChI is InChI=1S/C17H21N3OS/c1-11-5-3-4-6-14(11)16-19-15(10-22-16)17(21)20-9-13(8-18)7-12(20)2/h3-6,10,12-13H,7-9,18H2,1-2H3. The van der Waals surface area contributed by atoms with Crippen LogP contribution in [-0.4, -0.2) is 34.9 Å². The Morgan fingerprint density at radius 3 is 2.91 bits per heavy atom. The molecule has 2 unspecified atom stereocenters. The average molecular weight is 315 g/mol. The smallest absolute Gasteiger partial charge is 0.273 e. The number of thiazole rings is 1. The van der Waals surface area contributed by atoms with Crippen LogP contribution in [0.5, 0.6) is 0 Å². The summed E-state index contributed by atoms with van der Waals surface area (Å²) in [5.74, 6) is 0.438. The third kappa shape index (κ3) is 2.78. The van der Waals surface area contributed by atoms with Gasteiger partial charge in [-0.25, -0.2) is 4.98 Å². The first-order chi connectivity index (χ1) is 10.6. The second-order valence-electron chi connectivity index (χ2n) is 6.00. The maximum absolute atomic E-state index is 12.7. The Balaban J connectivity index is 1.82. The molecule has 5 heteroatoms. The van der Waals surface area contributed by atoms with Crippen molar-refractivity contribution in [2.75, 3.05) is 13.1 Å². The molecule has 2 heterocycles. The molecule has 116 valence electrons. The molecule has 4 nitrogen and oxygen atoms in total. The zero-order chi connectivity index (χ0) is 15.7. The van der Waals surface area contributed by atoms with E-state index in [-0.39, 0.29) is 11.9 Å². The first-order valence-electron chi connectivity index (χ1n) is 7.62. The van der Waals surface area contributed by atoms with Gasteiger partial charge < -0.3 is 10.6 Å². The van der Waals surface area contributed by atoms with E-state index in [1.165, 1.54) is 16.9 Å². The van der Waals surface area contributed by atoms with Crippen LogP contribution in [0.4, 0.5) is 0 Å². The second-order valence-corrected chi connectivity index (χ2v) is 6.85. The molecule has 2 aromatic rings. The van der Waals surface area contributed by atoms with Gasteiger partial charge in [-0.05, 0) is 38.3 Å². The highest BCUT2D eigenvalue weighted by atomic mass is 32.1. The van der Waals surface area contributed by atoms with E-state index < -0.39 is 0 Å². The summed E-state index contributed by atoms with van der Waals surface area (Å²) < 4.78 is 0. The Hall–Kier alpha value is -1.72. The monoisotopic (exact) mass is 315 g/mol. The Kier molecular flexibility index (Phi) is 4.27. The van der Waals surface area contributed by atoms with Crippen molar-refractivity contribution in [3.05, 3.63) is 40.9 Å². The van der Waals surface area contributed by atoms with Crippen molar-refractivity contribution in [3.63, 3.8) is 0 Å². The van der Waals surface area contributed by atoms with Crippen LogP contribution in [-0.2, 0) is 0 Å². The van der Waals surface area contributed by atoms with Crippen molar-refractivity contribution in [3.8, 4) is 10.6 Å². The fourth-order valence-electron chi connectivity index (χ4n) is 3.05. The molecule has 2 atom stereocenters. The number of amides is 1. The van der Waals surface area contributed by atoms with Crippen LogP contribution in [0.25, 0.3) is 10.6 Å². The molecule has 0 spiro atoms. The van der Waals surface area contributed by atoms with Crippen molar-refractivity contribution in [2.45, 2.75) is 26.3 Å². The fraction of sp³-hybridized carbons (Fsp3) is 0.412. The van der Waals surface area contributed by atoms with Crippen LogP contribution in [0.3, 0.4) is 0 Å². The van der Waals surface area contributed by atoms with Gasteiger partial charge in [-0.15, -0.1) is 11.3 Å². The number of carbonyl (C=O) groups excluding carboxylic acids is 1. The number of aryl methyl sites for hydroxylation is 1. The maximum atomic E-state index is 12.7. The Bertz CT molecular complexity index is 682. The molecule has 0 saturated carbocycles. The Morgan fingerprint density at radius 1 is 1.45 bits per heavy atom. The highest BCUT2D eigenvalue weighted by Crippen LogP contribution is 2.29. The van der Waals surface area contributed by atoms with Crippen molar-refractivity contribution in [1.29, 1.82) is 0 Å². The summed E-state index contributed by atoms with van der Waals surface area (Å²) in [7, 11) is 0. The van der Waals surface area contributed by atoms with E-state index in [2.05, 4.69) is 24.9 Å². The lowest BCUT2D eigenvalue weighted by atomic mass is 10.1. The maximum Gasteiger partial charge on any atom is 0.273 e. The van der Waals surface area contributed by atoms with Gasteiger partial charge in [0, 0.05) is 23.5 Å². The van der Waals surface area contributed by atoms with E-state index in [0.717, 1.165) is 23.5 Å². The van der Waals surface area contributed by atoms with Crippen LogP contribution in [0.2, 0.25) is 0 Å². The number of nitrogens with two attached hydrogens (primary N) is 1. The second kappa shape index (κ2) is 6.18. The van der Waals surface area contributed by atoms with E-state index >= 15 is 0 Å². The molecular weight excluding hydrogens is 294 g/mol. The summed E-state index contributed by atoms with van der Waals surface area (Å²) in [5, 5.41) is 2.77. The molecule has 1 aliphatic rings. The number of nitrogens with zero attached hydrogens (tertiary/aromatic N) is 2. The number of hydrogen-bond acceptors (Lipinski definition) is 4. The molecule has 1 aliphatic heterocycles. The lowest BCUT2D eigenvalue weighted by Crippen LogP contribution is -2.34. The van der Waals surface area contributed by atoms with Crippen molar-refractivity contribution in [2.24, 2.45) is 11.7 Å². The predicted octanol–water partition coefficient (Wildman–Crippen LogP) is 2.93. The SMILES string of the molecule is Cc1ccccc1-c1nc(C(=O)N2CC(CN)CC2C)cs1. The highest BCUT2D eigenvalue weighted by Gasteiger charge is 2.33. The first kappa shape index (κ1) is 15.2. The topological polar surface area (TPSA) is 59.2 Å². The molecule has 0 radical (unpaired) electrons. The molecule has 0 aliphatic carbocycles. The minimum atomic E-state index is 0.0273. The molecule has 22 heavy (non-hydrogen) atoms. The van der Waals surface area contributed by atoms with E-state index in [4.69, 9.17) is 5.73 Å². The van der Waals surface area contributed by atoms with Gasteiger partial charge in [0.25, 0.3) is 5.91 Å². The van der Waals surface area contributed by atoms with Crippen molar-refractivity contribution < 1.29 is 4.79 Å². The van der Waals surface area contributed by atoms with Crippen LogP contribution in [0, 0.1) is 12.8 Å². The minimum Gasteiger partial charge on any atom is -0.334 e. The van der Waals surface area contributed by atoms with Crippen LogP contribution in [0.1, 0.15) is 29.4 Å². The molecule has 2 N–H and O–H groups in total. The summed E-state index contributed by atoms with van der Waals surface area (Å²) in [4.78, 5) is 19.2. The van der Waals surface area contributed by atoms with Gasteiger partial charge in [-0.3, -0.25) is 4.79 Å². The summed E-state index contributed by atoms with van der Waals surface area (Å²) in [6.07, 6.45) is 0.983. The molecule has 1 amide bonds. The summed E-state index contributed by atoms with van der Waals surface area (Å²) >= 11 is 1.53. The number of benzene rings is 1. The van der Waals surface area contributed by atoms with Gasteiger partial charge >= 0.3 is 0 Å².